The van der Waals surface area contributed by atoms with Crippen molar-refractivity contribution in [1.29, 1.82) is 5.26 Å². The number of piperidine rings is 2. The highest BCUT2D eigenvalue weighted by Gasteiger charge is 2.25. The summed E-state index contributed by atoms with van der Waals surface area (Å²) >= 11 is 0. The molecular weight excluding hydrogens is 488 g/mol. The Hall–Kier alpha value is -4.22. The summed E-state index contributed by atoms with van der Waals surface area (Å²) < 4.78 is 0. The molecule has 200 valence electrons. The first-order valence-corrected chi connectivity index (χ1v) is 13.6. The normalized spacial score (nSPS) is 16.5. The summed E-state index contributed by atoms with van der Waals surface area (Å²) in [6, 6.07) is 19.3. The van der Waals surface area contributed by atoms with Crippen LogP contribution in [0.5, 0.6) is 0 Å². The topological polar surface area (TPSA) is 115 Å². The molecule has 2 saturated heterocycles. The van der Waals surface area contributed by atoms with E-state index >= 15 is 0 Å². The molecule has 39 heavy (non-hydrogen) atoms. The van der Waals surface area contributed by atoms with Crippen LogP contribution >= 0.6 is 0 Å². The van der Waals surface area contributed by atoms with Crippen molar-refractivity contribution in [1.82, 2.24) is 9.88 Å². The molecule has 2 aliphatic heterocycles. The maximum atomic E-state index is 13.3. The minimum absolute atomic E-state index is 0.0314. The van der Waals surface area contributed by atoms with E-state index < -0.39 is 0 Å². The molecular formula is C31H34N6O2. The predicted octanol–water partition coefficient (Wildman–Crippen LogP) is 4.46. The second-order valence-electron chi connectivity index (χ2n) is 10.5. The van der Waals surface area contributed by atoms with E-state index in [0.29, 0.717) is 41.4 Å². The van der Waals surface area contributed by atoms with Crippen LogP contribution < -0.4 is 16.0 Å². The van der Waals surface area contributed by atoms with Gasteiger partial charge in [-0.05, 0) is 86.1 Å². The number of pyridine rings is 1. The van der Waals surface area contributed by atoms with E-state index in [1.165, 1.54) is 5.56 Å². The number of nitrogens with one attached hydrogen (secondary N) is 1. The lowest BCUT2D eigenvalue weighted by atomic mass is 9.89. The standard InChI is InChI=1S/C31H34N6O2/c1-21-2-5-25(31(39)37-14-10-24(11-15-37)23-6-3-22(19-32)4-7-23)18-28(21)35-30(38)26-8-9-29(34-20-26)36-16-12-27(33)13-17-36/h2-9,18,20,24,27H,10-17,33H2,1H3,(H,35,38). The molecule has 1 aromatic heterocycles. The smallest absolute Gasteiger partial charge is 0.257 e. The molecule has 3 aromatic rings. The number of likely N-dealkylation sites (tertiary alicyclic amines) is 1. The van der Waals surface area contributed by atoms with Gasteiger partial charge in [0.25, 0.3) is 11.8 Å². The molecule has 5 rings (SSSR count). The number of anilines is 2. The first kappa shape index (κ1) is 26.4. The van der Waals surface area contributed by atoms with Crippen molar-refractivity contribution in [2.75, 3.05) is 36.4 Å². The molecule has 2 aromatic carbocycles. The third-order valence-electron chi connectivity index (χ3n) is 7.90. The number of amides is 2. The summed E-state index contributed by atoms with van der Waals surface area (Å²) in [4.78, 5) is 34.9. The molecule has 0 unspecified atom stereocenters. The molecule has 2 aliphatic rings. The Labute approximate surface area is 229 Å². The van der Waals surface area contributed by atoms with Gasteiger partial charge >= 0.3 is 0 Å². The van der Waals surface area contributed by atoms with Gasteiger partial charge in [-0.2, -0.15) is 5.26 Å². The second kappa shape index (κ2) is 11.7. The van der Waals surface area contributed by atoms with Crippen LogP contribution in [0.3, 0.4) is 0 Å². The molecule has 2 fully saturated rings. The Morgan fingerprint density at radius 1 is 0.949 bits per heavy atom. The minimum Gasteiger partial charge on any atom is -0.357 e. The third kappa shape index (κ3) is 6.10. The van der Waals surface area contributed by atoms with Crippen LogP contribution in [0.2, 0.25) is 0 Å². The molecule has 3 heterocycles. The third-order valence-corrected chi connectivity index (χ3v) is 7.90. The number of carbonyl (C=O) groups is 2. The zero-order valence-electron chi connectivity index (χ0n) is 22.3. The van der Waals surface area contributed by atoms with Crippen molar-refractivity contribution in [3.8, 4) is 6.07 Å². The van der Waals surface area contributed by atoms with Gasteiger partial charge in [0.15, 0.2) is 0 Å². The van der Waals surface area contributed by atoms with E-state index in [9.17, 15) is 9.59 Å². The molecule has 0 radical (unpaired) electrons. The Morgan fingerprint density at radius 2 is 1.64 bits per heavy atom. The van der Waals surface area contributed by atoms with Gasteiger partial charge in [-0.3, -0.25) is 9.59 Å². The van der Waals surface area contributed by atoms with Crippen LogP contribution in [0, 0.1) is 18.3 Å². The number of carbonyl (C=O) groups excluding carboxylic acids is 2. The molecule has 3 N–H and O–H groups in total. The lowest BCUT2D eigenvalue weighted by Crippen LogP contribution is -2.40. The number of aryl methyl sites for hydroxylation is 1. The number of benzene rings is 2. The highest BCUT2D eigenvalue weighted by molar-refractivity contribution is 6.05. The Balaban J connectivity index is 1.20. The van der Waals surface area contributed by atoms with Crippen LogP contribution in [-0.2, 0) is 0 Å². The zero-order valence-corrected chi connectivity index (χ0v) is 22.3. The number of aromatic nitrogens is 1. The molecule has 8 heteroatoms. The van der Waals surface area contributed by atoms with Crippen LogP contribution in [-0.4, -0.2) is 53.9 Å². The van der Waals surface area contributed by atoms with Crippen molar-refractivity contribution in [3.63, 3.8) is 0 Å². The Kier molecular flexibility index (Phi) is 7.89. The summed E-state index contributed by atoms with van der Waals surface area (Å²) in [6.45, 7) is 4.98. The van der Waals surface area contributed by atoms with Crippen molar-refractivity contribution in [3.05, 3.63) is 88.6 Å². The van der Waals surface area contributed by atoms with Gasteiger partial charge in [-0.25, -0.2) is 4.98 Å². The van der Waals surface area contributed by atoms with Gasteiger partial charge in [-0.15, -0.1) is 0 Å². The minimum atomic E-state index is -0.259. The molecule has 8 nitrogen and oxygen atoms in total. The van der Waals surface area contributed by atoms with E-state index in [-0.39, 0.29) is 17.9 Å². The summed E-state index contributed by atoms with van der Waals surface area (Å²) in [7, 11) is 0. The number of nitrogens with zero attached hydrogens (tertiary/aromatic N) is 4. The lowest BCUT2D eigenvalue weighted by Gasteiger charge is -2.32. The largest absolute Gasteiger partial charge is 0.357 e. The summed E-state index contributed by atoms with van der Waals surface area (Å²) in [5.41, 5.74) is 10.4. The maximum Gasteiger partial charge on any atom is 0.257 e. The van der Waals surface area contributed by atoms with E-state index in [2.05, 4.69) is 21.3 Å². The maximum absolute atomic E-state index is 13.3. The number of nitriles is 1. The van der Waals surface area contributed by atoms with Crippen molar-refractivity contribution in [2.45, 2.75) is 44.6 Å². The molecule has 0 atom stereocenters. The molecule has 0 spiro atoms. The van der Waals surface area contributed by atoms with Crippen molar-refractivity contribution >= 4 is 23.3 Å². The molecule has 2 amide bonds. The van der Waals surface area contributed by atoms with Crippen LogP contribution in [0.1, 0.15) is 69.0 Å². The van der Waals surface area contributed by atoms with Crippen molar-refractivity contribution in [2.24, 2.45) is 5.73 Å². The number of hydrogen-bond acceptors (Lipinski definition) is 6. The summed E-state index contributed by atoms with van der Waals surface area (Å²) in [6.07, 6.45) is 5.23. The van der Waals surface area contributed by atoms with Gasteiger partial charge < -0.3 is 20.9 Å². The fraction of sp³-hybridized carbons (Fsp3) is 0.355. The van der Waals surface area contributed by atoms with E-state index in [1.54, 1.807) is 18.3 Å². The zero-order chi connectivity index (χ0) is 27.4. The predicted molar refractivity (Wildman–Crippen MR) is 152 cm³/mol. The highest BCUT2D eigenvalue weighted by Crippen LogP contribution is 2.29. The van der Waals surface area contributed by atoms with Crippen LogP contribution in [0.15, 0.2) is 60.8 Å². The van der Waals surface area contributed by atoms with Crippen LogP contribution in [0.25, 0.3) is 0 Å². The molecule has 0 aliphatic carbocycles. The lowest BCUT2D eigenvalue weighted by molar-refractivity contribution is 0.0712. The van der Waals surface area contributed by atoms with E-state index in [4.69, 9.17) is 11.0 Å². The SMILES string of the molecule is Cc1ccc(C(=O)N2CCC(c3ccc(C#N)cc3)CC2)cc1NC(=O)c1ccc(N2CCC(N)CC2)nc1. The average molecular weight is 523 g/mol. The first-order chi connectivity index (χ1) is 18.9. The summed E-state index contributed by atoms with van der Waals surface area (Å²) in [5, 5.41) is 12.0. The number of nitrogens with two attached hydrogens (primary N) is 1. The molecule has 0 bridgehead atoms. The second-order valence-corrected chi connectivity index (χ2v) is 10.5. The Bertz CT molecular complexity index is 1360. The van der Waals surface area contributed by atoms with Gasteiger partial charge in [0.1, 0.15) is 5.82 Å². The van der Waals surface area contributed by atoms with Gasteiger partial charge in [0.05, 0.1) is 17.2 Å². The highest BCUT2D eigenvalue weighted by atomic mass is 16.2. The quantitative estimate of drug-likeness (QED) is 0.511. The molecule has 0 saturated carbocycles. The summed E-state index contributed by atoms with van der Waals surface area (Å²) in [5.74, 6) is 0.939. The van der Waals surface area contributed by atoms with Crippen molar-refractivity contribution < 1.29 is 9.59 Å². The fourth-order valence-electron chi connectivity index (χ4n) is 5.35. The van der Waals surface area contributed by atoms with Crippen LogP contribution in [0.4, 0.5) is 11.5 Å². The van der Waals surface area contributed by atoms with E-state index in [0.717, 1.165) is 50.2 Å². The number of hydrogen-bond donors (Lipinski definition) is 2. The fourth-order valence-corrected chi connectivity index (χ4v) is 5.35. The average Bonchev–Trinajstić information content (AvgIpc) is 2.98. The number of rotatable bonds is 5. The first-order valence-electron chi connectivity index (χ1n) is 13.6. The van der Waals surface area contributed by atoms with Gasteiger partial charge in [0, 0.05) is 49.7 Å². The van der Waals surface area contributed by atoms with E-state index in [1.807, 2.05) is 54.3 Å². The van der Waals surface area contributed by atoms with Gasteiger partial charge in [0.2, 0.25) is 0 Å². The monoisotopic (exact) mass is 522 g/mol. The van der Waals surface area contributed by atoms with Gasteiger partial charge in [-0.1, -0.05) is 18.2 Å². The Morgan fingerprint density at radius 3 is 2.28 bits per heavy atom.